The van der Waals surface area contributed by atoms with Crippen LogP contribution in [0.5, 0.6) is 5.75 Å². The zero-order valence-electron chi connectivity index (χ0n) is 16.1. The van der Waals surface area contributed by atoms with Crippen LogP contribution in [0, 0.1) is 0 Å². The van der Waals surface area contributed by atoms with Crippen molar-refractivity contribution in [3.63, 3.8) is 0 Å². The van der Waals surface area contributed by atoms with Gasteiger partial charge >= 0.3 is 5.97 Å². The third kappa shape index (κ3) is 6.77. The fraction of sp³-hybridized carbons (Fsp3) is 0.364. The Bertz CT molecular complexity index is 728. The van der Waals surface area contributed by atoms with E-state index >= 15 is 0 Å². The first-order valence-electron chi connectivity index (χ1n) is 9.29. The fourth-order valence-electron chi connectivity index (χ4n) is 2.38. The topological polar surface area (TPSA) is 64.6 Å². The summed E-state index contributed by atoms with van der Waals surface area (Å²) in [5, 5.41) is 2.90. The molecule has 5 nitrogen and oxygen atoms in total. The van der Waals surface area contributed by atoms with Crippen molar-refractivity contribution < 1.29 is 19.1 Å². The van der Waals surface area contributed by atoms with Crippen molar-refractivity contribution in [2.75, 3.05) is 6.54 Å². The van der Waals surface area contributed by atoms with Gasteiger partial charge in [0.05, 0.1) is 6.10 Å². The third-order valence-electron chi connectivity index (χ3n) is 4.20. The number of hydrogen-bond donors (Lipinski definition) is 1. The molecule has 0 fully saturated rings. The van der Waals surface area contributed by atoms with Crippen LogP contribution in [-0.2, 0) is 16.0 Å². The molecule has 0 aliphatic rings. The van der Waals surface area contributed by atoms with Crippen LogP contribution in [0.4, 0.5) is 0 Å². The number of esters is 1. The molecule has 2 aromatic rings. The molecule has 0 heterocycles. The first-order valence-corrected chi connectivity index (χ1v) is 9.29. The summed E-state index contributed by atoms with van der Waals surface area (Å²) in [6.07, 6.45) is 0.700. The van der Waals surface area contributed by atoms with E-state index in [1.165, 1.54) is 5.56 Å². The Hall–Kier alpha value is -2.82. The Morgan fingerprint density at radius 1 is 1.00 bits per heavy atom. The van der Waals surface area contributed by atoms with Gasteiger partial charge in [-0.2, -0.15) is 0 Å². The Balaban J connectivity index is 1.81. The second-order valence-electron chi connectivity index (χ2n) is 6.43. The lowest BCUT2D eigenvalue weighted by Crippen LogP contribution is -2.29. The van der Waals surface area contributed by atoms with E-state index in [1.54, 1.807) is 31.2 Å². The van der Waals surface area contributed by atoms with Gasteiger partial charge in [0.15, 0.2) is 6.10 Å². The van der Waals surface area contributed by atoms with Gasteiger partial charge in [-0.1, -0.05) is 37.3 Å². The van der Waals surface area contributed by atoms with Crippen molar-refractivity contribution in [3.05, 3.63) is 65.7 Å². The van der Waals surface area contributed by atoms with E-state index in [0.29, 0.717) is 17.9 Å². The van der Waals surface area contributed by atoms with Gasteiger partial charge in [-0.05, 0) is 56.5 Å². The summed E-state index contributed by atoms with van der Waals surface area (Å²) < 4.78 is 10.8. The summed E-state index contributed by atoms with van der Waals surface area (Å²) in [7, 11) is 0. The monoisotopic (exact) mass is 369 g/mol. The molecule has 0 saturated carbocycles. The lowest BCUT2D eigenvalue weighted by atomic mass is 10.1. The molecule has 0 saturated heterocycles. The number of carbonyl (C=O) groups is 2. The van der Waals surface area contributed by atoms with Crippen LogP contribution >= 0.6 is 0 Å². The number of ether oxygens (including phenoxy) is 2. The highest BCUT2D eigenvalue weighted by Crippen LogP contribution is 2.15. The summed E-state index contributed by atoms with van der Waals surface area (Å²) in [6, 6.07) is 16.7. The molecule has 5 heteroatoms. The molecule has 0 aliphatic carbocycles. The maximum atomic E-state index is 12.2. The first kappa shape index (κ1) is 20.5. The largest absolute Gasteiger partial charge is 0.479 e. The van der Waals surface area contributed by atoms with E-state index in [9.17, 15) is 9.59 Å². The van der Waals surface area contributed by atoms with E-state index < -0.39 is 12.1 Å². The highest BCUT2D eigenvalue weighted by atomic mass is 16.6. The second-order valence-corrected chi connectivity index (χ2v) is 6.43. The van der Waals surface area contributed by atoms with Crippen molar-refractivity contribution in [1.29, 1.82) is 0 Å². The molecular weight excluding hydrogens is 342 g/mol. The van der Waals surface area contributed by atoms with Crippen molar-refractivity contribution in [1.82, 2.24) is 5.32 Å². The first-order chi connectivity index (χ1) is 13.0. The van der Waals surface area contributed by atoms with Crippen LogP contribution in [0.3, 0.4) is 0 Å². The van der Waals surface area contributed by atoms with E-state index in [0.717, 1.165) is 12.8 Å². The predicted molar refractivity (Wildman–Crippen MR) is 105 cm³/mol. The van der Waals surface area contributed by atoms with Gasteiger partial charge < -0.3 is 14.8 Å². The van der Waals surface area contributed by atoms with Gasteiger partial charge in [0.2, 0.25) is 0 Å². The molecule has 1 amide bonds. The smallest absolute Gasteiger partial charge is 0.347 e. The molecule has 0 spiro atoms. The third-order valence-corrected chi connectivity index (χ3v) is 4.20. The van der Waals surface area contributed by atoms with Crippen molar-refractivity contribution in [3.8, 4) is 5.75 Å². The Morgan fingerprint density at radius 3 is 2.30 bits per heavy atom. The maximum absolute atomic E-state index is 12.2. The molecule has 1 N–H and O–H groups in total. The molecule has 0 radical (unpaired) electrons. The molecule has 27 heavy (non-hydrogen) atoms. The number of benzene rings is 2. The molecule has 0 unspecified atom stereocenters. The molecule has 0 bridgehead atoms. The van der Waals surface area contributed by atoms with Gasteiger partial charge in [-0.3, -0.25) is 4.79 Å². The highest BCUT2D eigenvalue weighted by molar-refractivity contribution is 5.94. The maximum Gasteiger partial charge on any atom is 0.347 e. The summed E-state index contributed by atoms with van der Waals surface area (Å²) in [6.45, 7) is 6.01. The number of rotatable bonds is 9. The summed E-state index contributed by atoms with van der Waals surface area (Å²) in [5.41, 5.74) is 1.73. The van der Waals surface area contributed by atoms with Crippen LogP contribution in [0.25, 0.3) is 0 Å². The van der Waals surface area contributed by atoms with Gasteiger partial charge in [-0.15, -0.1) is 0 Å². The van der Waals surface area contributed by atoms with E-state index in [2.05, 4.69) is 5.32 Å². The van der Waals surface area contributed by atoms with Gasteiger partial charge in [0.1, 0.15) is 5.75 Å². The molecule has 0 aromatic heterocycles. The summed E-state index contributed by atoms with van der Waals surface area (Å²) >= 11 is 0. The van der Waals surface area contributed by atoms with Gasteiger partial charge in [-0.25, -0.2) is 4.79 Å². The van der Waals surface area contributed by atoms with E-state index in [-0.39, 0.29) is 12.0 Å². The Kier molecular flexibility index (Phi) is 7.86. The summed E-state index contributed by atoms with van der Waals surface area (Å²) in [4.78, 5) is 24.1. The summed E-state index contributed by atoms with van der Waals surface area (Å²) in [5.74, 6) is -0.0155. The average molecular weight is 369 g/mol. The minimum Gasteiger partial charge on any atom is -0.479 e. The molecule has 144 valence electrons. The van der Waals surface area contributed by atoms with Crippen LogP contribution in [0.2, 0.25) is 0 Å². The molecule has 2 atom stereocenters. The quantitative estimate of drug-likeness (QED) is 0.684. The zero-order valence-corrected chi connectivity index (χ0v) is 16.1. The average Bonchev–Trinajstić information content (AvgIpc) is 2.69. The lowest BCUT2D eigenvalue weighted by Gasteiger charge is -2.17. The number of amides is 1. The van der Waals surface area contributed by atoms with E-state index in [1.807, 2.05) is 44.2 Å². The van der Waals surface area contributed by atoms with Crippen LogP contribution in [0.1, 0.15) is 43.1 Å². The van der Waals surface area contributed by atoms with Crippen LogP contribution in [0.15, 0.2) is 54.6 Å². The highest BCUT2D eigenvalue weighted by Gasteiger charge is 2.18. The minimum atomic E-state index is -0.704. The standard InChI is InChI=1S/C22H27NO4/c1-4-16(2)26-22(25)17(3)27-20-12-10-19(11-13-20)21(24)23-15-14-18-8-6-5-7-9-18/h5-13,16-17H,4,14-15H2,1-3H3,(H,23,24)/t16-,17-/m1/s1. The Labute approximate surface area is 160 Å². The molecule has 0 aliphatic heterocycles. The number of carbonyl (C=O) groups excluding carboxylic acids is 2. The molecule has 2 aromatic carbocycles. The Morgan fingerprint density at radius 2 is 1.67 bits per heavy atom. The van der Waals surface area contributed by atoms with Gasteiger partial charge in [0, 0.05) is 12.1 Å². The van der Waals surface area contributed by atoms with Crippen LogP contribution < -0.4 is 10.1 Å². The number of hydrogen-bond acceptors (Lipinski definition) is 4. The van der Waals surface area contributed by atoms with Gasteiger partial charge in [0.25, 0.3) is 5.91 Å². The minimum absolute atomic E-state index is 0.134. The molecular formula is C22H27NO4. The van der Waals surface area contributed by atoms with Crippen molar-refractivity contribution in [2.24, 2.45) is 0 Å². The SMILES string of the molecule is CC[C@@H](C)OC(=O)[C@@H](C)Oc1ccc(C(=O)NCCc2ccccc2)cc1. The fourth-order valence-corrected chi connectivity index (χ4v) is 2.38. The second kappa shape index (κ2) is 10.4. The predicted octanol–water partition coefficient (Wildman–Crippen LogP) is 3.77. The van der Waals surface area contributed by atoms with Crippen molar-refractivity contribution in [2.45, 2.75) is 45.8 Å². The van der Waals surface area contributed by atoms with Crippen LogP contribution in [-0.4, -0.2) is 30.6 Å². The van der Waals surface area contributed by atoms with Crippen molar-refractivity contribution >= 4 is 11.9 Å². The lowest BCUT2D eigenvalue weighted by molar-refractivity contribution is -0.155. The number of nitrogens with one attached hydrogen (secondary N) is 1. The molecule has 2 rings (SSSR count). The zero-order chi connectivity index (χ0) is 19.6. The van der Waals surface area contributed by atoms with E-state index in [4.69, 9.17) is 9.47 Å². The normalized spacial score (nSPS) is 12.7.